The fourth-order valence-electron chi connectivity index (χ4n) is 1.91. The molecule has 1 fully saturated rings. The van der Waals surface area contributed by atoms with Crippen LogP contribution < -0.4 is 10.0 Å². The lowest BCUT2D eigenvalue weighted by Gasteiger charge is -2.18. The Morgan fingerprint density at radius 3 is 2.70 bits per heavy atom. The summed E-state index contributed by atoms with van der Waals surface area (Å²) in [5.74, 6) is 0. The summed E-state index contributed by atoms with van der Waals surface area (Å²) in [5, 5.41) is 3.20. The first-order valence-corrected chi connectivity index (χ1v) is 8.47. The zero-order valence-corrected chi connectivity index (χ0v) is 12.7. The molecule has 0 radical (unpaired) electrons. The van der Waals surface area contributed by atoms with Crippen molar-refractivity contribution in [2.45, 2.75) is 43.7 Å². The van der Waals surface area contributed by atoms with E-state index < -0.39 is 10.0 Å². The average molecular weight is 298 g/mol. The summed E-state index contributed by atoms with van der Waals surface area (Å²) in [7, 11) is -3.45. The fraction of sp³-hybridized carbons (Fsp3) is 0.571. The number of hydrogen-bond acceptors (Lipinski definition) is 4. The third-order valence-electron chi connectivity index (χ3n) is 3.05. The highest BCUT2D eigenvalue weighted by molar-refractivity contribution is 7.89. The first-order chi connectivity index (χ1) is 9.53. The minimum absolute atomic E-state index is 0.0484. The smallest absolute Gasteiger partial charge is 0.242 e. The van der Waals surface area contributed by atoms with Crippen LogP contribution in [0.3, 0.4) is 0 Å². The number of rotatable bonds is 8. The van der Waals surface area contributed by atoms with Gasteiger partial charge < -0.3 is 10.1 Å². The summed E-state index contributed by atoms with van der Waals surface area (Å²) in [5.41, 5.74) is 0.618. The summed E-state index contributed by atoms with van der Waals surface area (Å²) in [6.45, 7) is 5.09. The Hall–Kier alpha value is -1.11. The van der Waals surface area contributed by atoms with Gasteiger partial charge in [-0.1, -0.05) is 12.1 Å². The number of ether oxygens (including phenoxy) is 1. The van der Waals surface area contributed by atoms with Crippen LogP contribution in [0.1, 0.15) is 26.7 Å². The van der Waals surface area contributed by atoms with Crippen LogP contribution in [-0.4, -0.2) is 33.7 Å². The van der Waals surface area contributed by atoms with Crippen LogP contribution in [0.25, 0.3) is 0 Å². The molecule has 5 nitrogen and oxygen atoms in total. The maximum Gasteiger partial charge on any atom is 0.242 e. The van der Waals surface area contributed by atoms with Gasteiger partial charge in [-0.3, -0.25) is 0 Å². The van der Waals surface area contributed by atoms with Crippen LogP contribution in [0.15, 0.2) is 29.2 Å². The van der Waals surface area contributed by atoms with Gasteiger partial charge in [0.25, 0.3) is 0 Å². The molecule has 0 heterocycles. The zero-order chi connectivity index (χ0) is 14.6. The summed E-state index contributed by atoms with van der Waals surface area (Å²) < 4.78 is 32.7. The summed E-state index contributed by atoms with van der Waals surface area (Å²) in [6, 6.07) is 7.12. The van der Waals surface area contributed by atoms with Gasteiger partial charge in [-0.25, -0.2) is 13.1 Å². The minimum atomic E-state index is -3.45. The number of sulfonamides is 1. The highest BCUT2D eigenvalue weighted by Crippen LogP contribution is 2.26. The van der Waals surface area contributed by atoms with Gasteiger partial charge in [-0.15, -0.1) is 0 Å². The Bertz CT molecular complexity index is 541. The molecule has 1 aromatic rings. The lowest BCUT2D eigenvalue weighted by molar-refractivity contribution is 0.141. The van der Waals surface area contributed by atoms with Crippen molar-refractivity contribution >= 4 is 15.7 Å². The highest BCUT2D eigenvalue weighted by Gasteiger charge is 2.29. The topological polar surface area (TPSA) is 67.4 Å². The first-order valence-electron chi connectivity index (χ1n) is 6.98. The van der Waals surface area contributed by atoms with Crippen LogP contribution in [-0.2, 0) is 14.8 Å². The lowest BCUT2D eigenvalue weighted by Crippen LogP contribution is -2.28. The second-order valence-electron chi connectivity index (χ2n) is 5.10. The highest BCUT2D eigenvalue weighted by atomic mass is 32.2. The van der Waals surface area contributed by atoms with E-state index in [9.17, 15) is 8.42 Å². The molecule has 1 aliphatic rings. The van der Waals surface area contributed by atoms with Crippen molar-refractivity contribution in [2.75, 3.05) is 18.5 Å². The molecule has 1 aliphatic carbocycles. The van der Waals surface area contributed by atoms with E-state index in [0.717, 1.165) is 12.8 Å². The second kappa shape index (κ2) is 6.56. The largest absolute Gasteiger partial charge is 0.380 e. The molecule has 0 amide bonds. The van der Waals surface area contributed by atoms with Gasteiger partial charge in [0.2, 0.25) is 10.0 Å². The molecule has 1 aromatic carbocycles. The number of benzene rings is 1. The Kier molecular flexibility index (Phi) is 5.01. The number of para-hydroxylation sites is 1. The van der Waals surface area contributed by atoms with Crippen LogP contribution >= 0.6 is 0 Å². The van der Waals surface area contributed by atoms with Crippen molar-refractivity contribution in [3.05, 3.63) is 24.3 Å². The molecule has 112 valence electrons. The third-order valence-corrected chi connectivity index (χ3v) is 4.63. The van der Waals surface area contributed by atoms with Crippen molar-refractivity contribution in [1.29, 1.82) is 0 Å². The minimum Gasteiger partial charge on any atom is -0.380 e. The second-order valence-corrected chi connectivity index (χ2v) is 6.78. The maximum atomic E-state index is 12.3. The van der Waals surface area contributed by atoms with Gasteiger partial charge in [0.05, 0.1) is 12.3 Å². The molecule has 2 rings (SSSR count). The normalized spacial score (nSPS) is 16.9. The third kappa shape index (κ3) is 4.19. The van der Waals surface area contributed by atoms with Gasteiger partial charge in [-0.2, -0.15) is 0 Å². The van der Waals surface area contributed by atoms with Gasteiger partial charge >= 0.3 is 0 Å². The van der Waals surface area contributed by atoms with E-state index >= 15 is 0 Å². The molecule has 6 heteroatoms. The molecule has 1 unspecified atom stereocenters. The van der Waals surface area contributed by atoms with Crippen LogP contribution in [0, 0.1) is 0 Å². The van der Waals surface area contributed by atoms with Crippen molar-refractivity contribution < 1.29 is 13.2 Å². The Labute approximate surface area is 120 Å². The van der Waals surface area contributed by atoms with Crippen LogP contribution in [0.4, 0.5) is 5.69 Å². The van der Waals surface area contributed by atoms with E-state index in [2.05, 4.69) is 10.0 Å². The SMILES string of the molecule is CCOCC(C)Nc1ccccc1S(=O)(=O)NC1CC1. The average Bonchev–Trinajstić information content (AvgIpc) is 3.20. The number of hydrogen-bond donors (Lipinski definition) is 2. The standard InChI is InChI=1S/C14H22N2O3S/c1-3-19-10-11(2)15-13-6-4-5-7-14(13)20(17,18)16-12-8-9-12/h4-7,11-12,15-16H,3,8-10H2,1-2H3. The van der Waals surface area contributed by atoms with Crippen molar-refractivity contribution in [1.82, 2.24) is 4.72 Å². The summed E-state index contributed by atoms with van der Waals surface area (Å²) in [4.78, 5) is 0.301. The van der Waals surface area contributed by atoms with E-state index in [-0.39, 0.29) is 12.1 Å². The van der Waals surface area contributed by atoms with E-state index in [1.807, 2.05) is 19.9 Å². The number of anilines is 1. The summed E-state index contributed by atoms with van der Waals surface area (Å²) >= 11 is 0. The van der Waals surface area contributed by atoms with Crippen molar-refractivity contribution in [3.63, 3.8) is 0 Å². The van der Waals surface area contributed by atoms with E-state index in [1.165, 1.54) is 0 Å². The Balaban J connectivity index is 2.12. The molecule has 1 atom stereocenters. The van der Waals surface area contributed by atoms with Gasteiger partial charge in [0, 0.05) is 18.7 Å². The molecule has 0 bridgehead atoms. The first kappa shape index (κ1) is 15.3. The molecule has 2 N–H and O–H groups in total. The van der Waals surface area contributed by atoms with E-state index in [1.54, 1.807) is 18.2 Å². The monoisotopic (exact) mass is 298 g/mol. The Morgan fingerprint density at radius 1 is 1.35 bits per heavy atom. The quantitative estimate of drug-likeness (QED) is 0.770. The molecule has 0 aliphatic heterocycles. The van der Waals surface area contributed by atoms with Crippen molar-refractivity contribution in [3.8, 4) is 0 Å². The predicted molar refractivity (Wildman–Crippen MR) is 79.4 cm³/mol. The maximum absolute atomic E-state index is 12.3. The predicted octanol–water partition coefficient (Wildman–Crippen LogP) is 1.96. The molecular formula is C14H22N2O3S. The van der Waals surface area contributed by atoms with Crippen LogP contribution in [0.2, 0.25) is 0 Å². The van der Waals surface area contributed by atoms with E-state index in [0.29, 0.717) is 23.8 Å². The number of nitrogens with one attached hydrogen (secondary N) is 2. The zero-order valence-electron chi connectivity index (χ0n) is 11.9. The fourth-order valence-corrected chi connectivity index (χ4v) is 3.38. The molecular weight excluding hydrogens is 276 g/mol. The molecule has 0 saturated heterocycles. The van der Waals surface area contributed by atoms with E-state index in [4.69, 9.17) is 4.74 Å². The van der Waals surface area contributed by atoms with Gasteiger partial charge in [0.1, 0.15) is 4.90 Å². The lowest BCUT2D eigenvalue weighted by atomic mass is 10.3. The molecule has 20 heavy (non-hydrogen) atoms. The molecule has 0 spiro atoms. The van der Waals surface area contributed by atoms with Crippen LogP contribution in [0.5, 0.6) is 0 Å². The molecule has 0 aromatic heterocycles. The van der Waals surface area contributed by atoms with Gasteiger partial charge in [-0.05, 0) is 38.8 Å². The molecule has 1 saturated carbocycles. The van der Waals surface area contributed by atoms with Crippen molar-refractivity contribution in [2.24, 2.45) is 0 Å². The summed E-state index contributed by atoms with van der Waals surface area (Å²) in [6.07, 6.45) is 1.85. The Morgan fingerprint density at radius 2 is 2.05 bits per heavy atom. The van der Waals surface area contributed by atoms with Gasteiger partial charge in [0.15, 0.2) is 0 Å².